The zero-order chi connectivity index (χ0) is 47.9. The van der Waals surface area contributed by atoms with E-state index in [-0.39, 0.29) is 0 Å². The molecule has 6 heterocycles. The van der Waals surface area contributed by atoms with Gasteiger partial charge in [0.1, 0.15) is 11.5 Å². The van der Waals surface area contributed by atoms with E-state index in [0.717, 1.165) is 117 Å². The van der Waals surface area contributed by atoms with Crippen molar-refractivity contribution in [2.24, 2.45) is 0 Å². The third-order valence-electron chi connectivity index (χ3n) is 15.6. The third-order valence-corrected chi connectivity index (χ3v) is 15.6. The first kappa shape index (κ1) is 39.8. The number of benzene rings is 9. The summed E-state index contributed by atoms with van der Waals surface area (Å²) in [5, 5.41) is 17.1. The molecule has 16 rings (SSSR count). The van der Waals surface area contributed by atoms with Crippen LogP contribution < -0.4 is 4.74 Å². The number of para-hydroxylation sites is 6. The molecule has 0 amide bonds. The van der Waals surface area contributed by atoms with Crippen LogP contribution in [0, 0.1) is 11.3 Å². The maximum absolute atomic E-state index is 10.3. The van der Waals surface area contributed by atoms with Gasteiger partial charge in [0.15, 0.2) is 0 Å². The summed E-state index contributed by atoms with van der Waals surface area (Å²) in [5.41, 5.74) is 17.6. The first-order valence-electron chi connectivity index (χ1n) is 24.6. The van der Waals surface area contributed by atoms with Crippen LogP contribution in [0.2, 0.25) is 0 Å². The fourth-order valence-electron chi connectivity index (χ4n) is 12.7. The molecule has 0 unspecified atom stereocenters. The van der Waals surface area contributed by atoms with E-state index in [1.165, 1.54) is 21.5 Å². The van der Waals surface area contributed by atoms with E-state index < -0.39 is 5.41 Å². The molecule has 0 atom stereocenters. The van der Waals surface area contributed by atoms with E-state index >= 15 is 0 Å². The van der Waals surface area contributed by atoms with E-state index in [1.54, 1.807) is 0 Å². The first-order chi connectivity index (χ1) is 36.2. The maximum Gasteiger partial charge on any atom is 0.132 e. The Balaban J connectivity index is 0.897. The van der Waals surface area contributed by atoms with Gasteiger partial charge in [-0.2, -0.15) is 5.26 Å². The average molecular weight is 931 g/mol. The Morgan fingerprint density at radius 1 is 0.370 bits per heavy atom. The number of hydrogen-bond donors (Lipinski definition) is 0. The fraction of sp³-hybridized carbons (Fsp3) is 0.0152. The largest absolute Gasteiger partial charge is 0.457 e. The van der Waals surface area contributed by atoms with Crippen molar-refractivity contribution < 1.29 is 4.74 Å². The van der Waals surface area contributed by atoms with Crippen molar-refractivity contribution in [1.82, 2.24) is 23.7 Å². The van der Waals surface area contributed by atoms with Crippen molar-refractivity contribution in [2.75, 3.05) is 0 Å². The van der Waals surface area contributed by atoms with Crippen molar-refractivity contribution in [3.8, 4) is 57.1 Å². The van der Waals surface area contributed by atoms with Crippen molar-refractivity contribution >= 4 is 65.4 Å². The van der Waals surface area contributed by atoms with Crippen LogP contribution in [0.25, 0.3) is 105 Å². The van der Waals surface area contributed by atoms with E-state index in [2.05, 4.69) is 214 Å². The second-order valence-corrected chi connectivity index (χ2v) is 19.2. The zero-order valence-corrected chi connectivity index (χ0v) is 39.0. The Morgan fingerprint density at radius 3 is 1.45 bits per heavy atom. The van der Waals surface area contributed by atoms with Crippen LogP contribution in [-0.2, 0) is 5.41 Å². The van der Waals surface area contributed by atoms with Crippen molar-refractivity contribution in [3.05, 3.63) is 259 Å². The lowest BCUT2D eigenvalue weighted by Gasteiger charge is -2.39. The molecule has 1 aliphatic heterocycles. The molecule has 2 aliphatic rings. The molecule has 1 spiro atoms. The van der Waals surface area contributed by atoms with Crippen LogP contribution in [0.3, 0.4) is 0 Å². The summed E-state index contributed by atoms with van der Waals surface area (Å²) < 4.78 is 14.3. The Hall–Kier alpha value is -10.0. The highest BCUT2D eigenvalue weighted by Gasteiger charge is 2.52. The molecule has 73 heavy (non-hydrogen) atoms. The van der Waals surface area contributed by atoms with Crippen LogP contribution in [0.15, 0.2) is 231 Å². The van der Waals surface area contributed by atoms with Crippen LogP contribution in [-0.4, -0.2) is 23.7 Å². The smallest absolute Gasteiger partial charge is 0.132 e. The number of ether oxygens (including phenoxy) is 1. The van der Waals surface area contributed by atoms with Gasteiger partial charge in [0, 0.05) is 61.5 Å². The molecular weight excluding hydrogens is 893 g/mol. The topological polar surface area (TPSA) is 73.6 Å². The van der Waals surface area contributed by atoms with E-state index in [1.807, 2.05) is 36.7 Å². The molecule has 0 N–H and O–H groups in total. The second kappa shape index (κ2) is 14.8. The number of fused-ring (bicyclic) bond motifs is 18. The van der Waals surface area contributed by atoms with Gasteiger partial charge in [-0.25, -0.2) is 0 Å². The number of nitriles is 1. The summed E-state index contributed by atoms with van der Waals surface area (Å²) >= 11 is 0. The minimum absolute atomic E-state index is 0.612. The summed E-state index contributed by atoms with van der Waals surface area (Å²) in [7, 11) is 0. The minimum Gasteiger partial charge on any atom is -0.457 e. The van der Waals surface area contributed by atoms with Gasteiger partial charge in [-0.3, -0.25) is 9.97 Å². The van der Waals surface area contributed by atoms with E-state index in [4.69, 9.17) is 14.7 Å². The minimum atomic E-state index is -0.780. The highest BCUT2D eigenvalue weighted by molar-refractivity contribution is 6.13. The molecule has 9 aromatic carbocycles. The lowest BCUT2D eigenvalue weighted by molar-refractivity contribution is 0.436. The standard InChI is InChI=1S/C66H38N6O/c67-39-40-25-30-58-48(35-40)49-36-41(27-31-59(49)72(58)61-24-10-9-23-60(61)71-56-21-7-3-15-46(56)47-16-4-8-22-57(47)71)42-26-29-50-63(37-42)73-62-32-28-43(70-54-19-5-1-13-44(54)45-14-2-6-20-55(45)70)38-53(62)66(50)51-17-11-33-68-64(51)65-52(66)18-12-34-69-65/h1-38H. The zero-order valence-electron chi connectivity index (χ0n) is 39.0. The Kier molecular flexibility index (Phi) is 8.04. The Bertz CT molecular complexity index is 4600. The van der Waals surface area contributed by atoms with Crippen molar-refractivity contribution in [2.45, 2.75) is 5.41 Å². The SMILES string of the molecule is N#Cc1ccc2c(c1)c1cc(-c3ccc4c(c3)Oc3ccc(-n5c6ccccc6c6ccccc65)cc3C43c4cccnc4-c4ncccc43)ccc1n2-c1ccccc1-n1c2ccccc2c2ccccc21. The number of pyridine rings is 2. The van der Waals surface area contributed by atoms with E-state index in [0.29, 0.717) is 5.56 Å². The van der Waals surface area contributed by atoms with Gasteiger partial charge in [0.2, 0.25) is 0 Å². The predicted molar refractivity (Wildman–Crippen MR) is 293 cm³/mol. The molecule has 0 bridgehead atoms. The third kappa shape index (κ3) is 5.30. The molecule has 0 radical (unpaired) electrons. The van der Waals surface area contributed by atoms with Crippen LogP contribution in [0.1, 0.15) is 27.8 Å². The molecule has 0 fully saturated rings. The molecule has 0 saturated heterocycles. The van der Waals surface area contributed by atoms with Crippen molar-refractivity contribution in [3.63, 3.8) is 0 Å². The van der Waals surface area contributed by atoms with Gasteiger partial charge < -0.3 is 18.4 Å². The van der Waals surface area contributed by atoms with Crippen LogP contribution in [0.5, 0.6) is 11.5 Å². The number of aromatic nitrogens is 5. The molecule has 5 aromatic heterocycles. The van der Waals surface area contributed by atoms with Crippen molar-refractivity contribution in [1.29, 1.82) is 5.26 Å². The second-order valence-electron chi connectivity index (χ2n) is 19.2. The molecule has 7 heteroatoms. The van der Waals surface area contributed by atoms with Gasteiger partial charge in [-0.15, -0.1) is 0 Å². The van der Waals surface area contributed by atoms with Gasteiger partial charge >= 0.3 is 0 Å². The monoisotopic (exact) mass is 930 g/mol. The van der Waals surface area contributed by atoms with Gasteiger partial charge in [-0.05, 0) is 125 Å². The molecular formula is C66H38N6O. The number of nitrogens with zero attached hydrogens (tertiary/aromatic N) is 6. The summed E-state index contributed by atoms with van der Waals surface area (Å²) in [5.74, 6) is 1.56. The highest BCUT2D eigenvalue weighted by atomic mass is 16.5. The van der Waals surface area contributed by atoms with E-state index in [9.17, 15) is 5.26 Å². The van der Waals surface area contributed by atoms with Gasteiger partial charge in [0.05, 0.1) is 72.9 Å². The maximum atomic E-state index is 10.3. The van der Waals surface area contributed by atoms with Crippen LogP contribution >= 0.6 is 0 Å². The summed E-state index contributed by atoms with van der Waals surface area (Å²) in [6.45, 7) is 0. The number of rotatable bonds is 4. The van der Waals surface area contributed by atoms with Gasteiger partial charge in [-0.1, -0.05) is 115 Å². The molecule has 0 saturated carbocycles. The number of hydrogen-bond acceptors (Lipinski definition) is 4. The normalized spacial score (nSPS) is 13.1. The summed E-state index contributed by atoms with van der Waals surface area (Å²) in [6.07, 6.45) is 3.73. The fourth-order valence-corrected chi connectivity index (χ4v) is 12.7. The summed E-state index contributed by atoms with van der Waals surface area (Å²) in [6, 6.07) is 80.2. The molecule has 338 valence electrons. The quantitative estimate of drug-likeness (QED) is 0.176. The van der Waals surface area contributed by atoms with Crippen LogP contribution in [0.4, 0.5) is 0 Å². The van der Waals surface area contributed by atoms with Gasteiger partial charge in [0.25, 0.3) is 0 Å². The molecule has 7 nitrogen and oxygen atoms in total. The molecule has 1 aliphatic carbocycles. The first-order valence-corrected chi connectivity index (χ1v) is 24.6. The predicted octanol–water partition coefficient (Wildman–Crippen LogP) is 15.8. The summed E-state index contributed by atoms with van der Waals surface area (Å²) in [4.78, 5) is 10.0. The lowest BCUT2D eigenvalue weighted by Crippen LogP contribution is -2.32. The Labute approximate surface area is 418 Å². The molecule has 14 aromatic rings. The lowest BCUT2D eigenvalue weighted by atomic mass is 9.66. The highest BCUT2D eigenvalue weighted by Crippen LogP contribution is 2.62. The Morgan fingerprint density at radius 2 is 0.863 bits per heavy atom. The average Bonchev–Trinajstić information content (AvgIpc) is 4.17.